The minimum Gasteiger partial charge on any atom is -0.477 e. The van der Waals surface area contributed by atoms with E-state index in [2.05, 4.69) is 15.3 Å². The molecule has 0 aliphatic rings. The molecule has 0 unspecified atom stereocenters. The Balaban J connectivity index is 0.000000383. The van der Waals surface area contributed by atoms with Crippen LogP contribution < -0.4 is 4.18 Å². The van der Waals surface area contributed by atoms with Crippen LogP contribution in [0.4, 0.5) is 0 Å². The van der Waals surface area contributed by atoms with Gasteiger partial charge in [0.1, 0.15) is 16.2 Å². The summed E-state index contributed by atoms with van der Waals surface area (Å²) in [7, 11) is -2.67. The average molecular weight is 551 g/mol. The second-order valence-corrected chi connectivity index (χ2v) is 9.86. The highest BCUT2D eigenvalue weighted by molar-refractivity contribution is 7.87. The molecule has 0 aliphatic carbocycles. The molecule has 0 saturated carbocycles. The summed E-state index contributed by atoms with van der Waals surface area (Å²) in [6, 6.07) is 12.0. The molecule has 13 heteroatoms. The number of carbonyl (C=O) groups is 2. The molecule has 2 heterocycles. The lowest BCUT2D eigenvalue weighted by molar-refractivity contribution is 0.0690. The Labute approximate surface area is 216 Å². The maximum absolute atomic E-state index is 13.0. The van der Waals surface area contributed by atoms with E-state index in [0.717, 1.165) is 5.56 Å². The number of carboxylic acids is 1. The molecule has 0 radical (unpaired) electrons. The van der Waals surface area contributed by atoms with E-state index in [9.17, 15) is 18.0 Å². The molecular weight excluding hydrogens is 531 g/mol. The number of ketones is 1. The second kappa shape index (κ2) is 10.9. The second-order valence-electron chi connectivity index (χ2n) is 7.47. The fourth-order valence-corrected chi connectivity index (χ4v) is 4.49. The maximum Gasteiger partial charge on any atom is 0.353 e. The number of aromatic carboxylic acids is 1. The first-order valence-electron chi connectivity index (χ1n) is 10.2. The molecule has 0 saturated heterocycles. The van der Waals surface area contributed by atoms with E-state index in [1.807, 2.05) is 6.92 Å². The zero-order valence-corrected chi connectivity index (χ0v) is 21.5. The number of aryl methyl sites for hydroxylation is 3. The van der Waals surface area contributed by atoms with Gasteiger partial charge in [0.05, 0.1) is 10.7 Å². The third-order valence-corrected chi connectivity index (χ3v) is 6.58. The first-order chi connectivity index (χ1) is 16.9. The number of nitrogens with zero attached hydrogens (tertiary/aromatic N) is 3. The van der Waals surface area contributed by atoms with E-state index < -0.39 is 21.9 Å². The number of carboxylic acid groups (broad SMARTS) is 1. The zero-order valence-electron chi connectivity index (χ0n) is 19.2. The molecule has 0 spiro atoms. The summed E-state index contributed by atoms with van der Waals surface area (Å²) in [5.74, 6) is -1.68. The molecule has 2 N–H and O–H groups in total. The van der Waals surface area contributed by atoms with Crippen LogP contribution in [0.1, 0.15) is 37.7 Å². The zero-order chi connectivity index (χ0) is 26.6. The lowest BCUT2D eigenvalue weighted by Gasteiger charge is -2.10. The Morgan fingerprint density at radius 3 is 2.25 bits per heavy atom. The van der Waals surface area contributed by atoms with Gasteiger partial charge in [-0.3, -0.25) is 9.89 Å². The van der Waals surface area contributed by atoms with Crippen LogP contribution in [-0.4, -0.2) is 45.3 Å². The number of rotatable bonds is 6. The molecule has 0 aliphatic heterocycles. The quantitative estimate of drug-likeness (QED) is 0.264. The molecule has 4 aromatic rings. The van der Waals surface area contributed by atoms with Gasteiger partial charge in [0.2, 0.25) is 11.7 Å². The first kappa shape index (κ1) is 26.9. The number of hydrogen-bond acceptors (Lipinski definition) is 7. The van der Waals surface area contributed by atoms with Crippen LogP contribution in [0.5, 0.6) is 5.88 Å². The highest BCUT2D eigenvalue weighted by Crippen LogP contribution is 2.31. The summed E-state index contributed by atoms with van der Waals surface area (Å²) >= 11 is 12.0. The molecule has 2 aromatic heterocycles. The van der Waals surface area contributed by atoms with Crippen molar-refractivity contribution in [1.29, 1.82) is 0 Å². The summed E-state index contributed by atoms with van der Waals surface area (Å²) in [4.78, 5) is 23.0. The van der Waals surface area contributed by atoms with Crippen LogP contribution in [-0.2, 0) is 17.2 Å². The van der Waals surface area contributed by atoms with E-state index in [4.69, 9.17) is 32.5 Å². The number of H-pyrrole nitrogens is 1. The number of hydrogen-bond donors (Lipinski definition) is 2. The number of carbonyl (C=O) groups excluding carboxylic acids is 1. The van der Waals surface area contributed by atoms with Gasteiger partial charge in [0.15, 0.2) is 0 Å². The van der Waals surface area contributed by atoms with Gasteiger partial charge in [-0.25, -0.2) is 9.48 Å². The fourth-order valence-electron chi connectivity index (χ4n) is 3.03. The van der Waals surface area contributed by atoms with Crippen molar-refractivity contribution in [3.8, 4) is 5.88 Å². The van der Waals surface area contributed by atoms with Gasteiger partial charge >= 0.3 is 16.1 Å². The summed E-state index contributed by atoms with van der Waals surface area (Å²) in [5, 5.41) is 18.6. The van der Waals surface area contributed by atoms with Crippen molar-refractivity contribution in [2.45, 2.75) is 18.7 Å². The van der Waals surface area contributed by atoms with E-state index in [1.54, 1.807) is 19.1 Å². The highest BCUT2D eigenvalue weighted by atomic mass is 35.5. The van der Waals surface area contributed by atoms with Crippen LogP contribution in [0.3, 0.4) is 0 Å². The van der Waals surface area contributed by atoms with Gasteiger partial charge in [-0.1, -0.05) is 40.9 Å². The monoisotopic (exact) mass is 550 g/mol. The molecule has 0 bridgehead atoms. The van der Waals surface area contributed by atoms with E-state index in [1.165, 1.54) is 54.3 Å². The Morgan fingerprint density at radius 2 is 1.72 bits per heavy atom. The van der Waals surface area contributed by atoms with Crippen LogP contribution in [0.25, 0.3) is 0 Å². The van der Waals surface area contributed by atoms with Gasteiger partial charge in [-0.15, -0.1) is 0 Å². The largest absolute Gasteiger partial charge is 0.477 e. The lowest BCUT2D eigenvalue weighted by atomic mass is 10.0. The molecule has 2 aromatic carbocycles. The van der Waals surface area contributed by atoms with Gasteiger partial charge in [-0.2, -0.15) is 18.6 Å². The minimum atomic E-state index is -4.16. The Hall–Kier alpha value is -3.67. The summed E-state index contributed by atoms with van der Waals surface area (Å²) in [6.45, 7) is 3.43. The molecule has 0 amide bonds. The molecule has 0 fully saturated rings. The number of nitrogens with one attached hydrogen (secondary N) is 1. The number of halogens is 2. The molecule has 10 nitrogen and oxygen atoms in total. The SMILES string of the molecule is Cc1ccc(S(=O)(=O)Oc2c(C(=O)c3ccc(Cl)cc3Cl)c(C)nn2C)cc1.O=C(O)c1ccn[nH]1. The predicted octanol–water partition coefficient (Wildman–Crippen LogP) is 4.45. The van der Waals surface area contributed by atoms with Gasteiger partial charge < -0.3 is 9.29 Å². The highest BCUT2D eigenvalue weighted by Gasteiger charge is 2.29. The minimum absolute atomic E-state index is 0.0161. The molecule has 36 heavy (non-hydrogen) atoms. The molecule has 188 valence electrons. The smallest absolute Gasteiger partial charge is 0.353 e. The predicted molar refractivity (Wildman–Crippen MR) is 132 cm³/mol. The topological polar surface area (TPSA) is 144 Å². The van der Waals surface area contributed by atoms with E-state index in [-0.39, 0.29) is 32.6 Å². The van der Waals surface area contributed by atoms with E-state index in [0.29, 0.717) is 10.7 Å². The van der Waals surface area contributed by atoms with Crippen molar-refractivity contribution >= 4 is 45.1 Å². The van der Waals surface area contributed by atoms with Gasteiger partial charge in [-0.05, 0) is 50.2 Å². The van der Waals surface area contributed by atoms with Crippen LogP contribution in [0.15, 0.2) is 59.6 Å². The summed E-state index contributed by atoms with van der Waals surface area (Å²) in [6.07, 6.45) is 1.39. The van der Waals surface area contributed by atoms with Crippen LogP contribution >= 0.6 is 23.2 Å². The Morgan fingerprint density at radius 1 is 1.06 bits per heavy atom. The van der Waals surface area contributed by atoms with Gasteiger partial charge in [0, 0.05) is 23.8 Å². The normalized spacial score (nSPS) is 10.9. The fraction of sp³-hybridized carbons (Fsp3) is 0.130. The van der Waals surface area contributed by atoms with Crippen LogP contribution in [0, 0.1) is 13.8 Å². The molecule has 0 atom stereocenters. The van der Waals surface area contributed by atoms with Crippen molar-refractivity contribution in [2.75, 3.05) is 0 Å². The third kappa shape index (κ3) is 6.11. The van der Waals surface area contributed by atoms with Crippen LogP contribution in [0.2, 0.25) is 10.0 Å². The number of aromatic nitrogens is 4. The Kier molecular flexibility index (Phi) is 8.18. The Bertz CT molecular complexity index is 1510. The maximum atomic E-state index is 13.0. The first-order valence-corrected chi connectivity index (χ1v) is 12.3. The molecular formula is C23H20Cl2N4O6S. The van der Waals surface area contributed by atoms with E-state index >= 15 is 0 Å². The lowest BCUT2D eigenvalue weighted by Crippen LogP contribution is -2.15. The van der Waals surface area contributed by atoms with Crippen molar-refractivity contribution in [2.24, 2.45) is 7.05 Å². The van der Waals surface area contributed by atoms with Crippen molar-refractivity contribution < 1.29 is 27.3 Å². The van der Waals surface area contributed by atoms with Crippen molar-refractivity contribution in [1.82, 2.24) is 20.0 Å². The van der Waals surface area contributed by atoms with Gasteiger partial charge in [0.25, 0.3) is 0 Å². The third-order valence-electron chi connectivity index (χ3n) is 4.80. The molecule has 4 rings (SSSR count). The average Bonchev–Trinajstić information content (AvgIpc) is 3.43. The summed E-state index contributed by atoms with van der Waals surface area (Å²) < 4.78 is 31.9. The van der Waals surface area contributed by atoms with Crippen molar-refractivity contribution in [3.63, 3.8) is 0 Å². The number of benzene rings is 2. The number of aromatic amines is 1. The standard InChI is InChI=1S/C19H16Cl2N2O4S.C4H4N2O2/c1-11-4-7-14(8-5-11)28(25,26)27-19-17(12(2)22-23(19)3)18(24)15-9-6-13(20)10-16(15)21;7-4(8)3-1-2-5-6-3/h4-10H,1-3H3;1-2H,(H,5,6)(H,7,8). The van der Waals surface area contributed by atoms with Crippen molar-refractivity contribution in [3.05, 3.63) is 92.9 Å². The summed E-state index contributed by atoms with van der Waals surface area (Å²) in [5.41, 5.74) is 1.52.